The second-order valence-corrected chi connectivity index (χ2v) is 11.3. The normalized spacial score (nSPS) is 16.4. The lowest BCUT2D eigenvalue weighted by Gasteiger charge is -2.25. The monoisotopic (exact) mass is 480 g/mol. The molecular formula is C22H32N4O4S2. The van der Waals surface area contributed by atoms with Gasteiger partial charge in [0.15, 0.2) is 10.9 Å². The van der Waals surface area contributed by atoms with E-state index in [1.54, 1.807) is 22.5 Å². The van der Waals surface area contributed by atoms with Crippen molar-refractivity contribution in [3.63, 3.8) is 0 Å². The molecule has 1 aromatic heterocycles. The van der Waals surface area contributed by atoms with E-state index in [2.05, 4.69) is 10.3 Å². The molecule has 0 saturated carbocycles. The number of hydrogen-bond donors (Lipinski definition) is 1. The Morgan fingerprint density at radius 1 is 1.19 bits per heavy atom. The number of amides is 1. The van der Waals surface area contributed by atoms with E-state index >= 15 is 0 Å². The molecule has 0 radical (unpaired) electrons. The first-order valence-electron chi connectivity index (χ1n) is 11.1. The lowest BCUT2D eigenvalue weighted by atomic mass is 10.0. The van der Waals surface area contributed by atoms with Crippen LogP contribution in [0.5, 0.6) is 0 Å². The standard InChI is InChI=1S/C22H32N4O4S2/c1-5-26-19-10-9-17(32(29,30)25-11-7-6-8-12-25)13-18(19)23-22(26)31-14-20(28)24-21(15(2)3)16(4)27/h9-10,13,15,21H,5-8,11-12,14H2,1-4H3,(H,24,28). The zero-order valence-electron chi connectivity index (χ0n) is 19.1. The number of rotatable bonds is 9. The van der Waals surface area contributed by atoms with Gasteiger partial charge in [-0.15, -0.1) is 0 Å². The average Bonchev–Trinajstić information content (AvgIpc) is 3.12. The van der Waals surface area contributed by atoms with Crippen LogP contribution in [0.4, 0.5) is 0 Å². The average molecular weight is 481 g/mol. The first-order chi connectivity index (χ1) is 15.1. The zero-order chi connectivity index (χ0) is 23.5. The second-order valence-electron chi connectivity index (χ2n) is 8.44. The fraction of sp³-hybridized carbons (Fsp3) is 0.591. The molecular weight excluding hydrogens is 448 g/mol. The summed E-state index contributed by atoms with van der Waals surface area (Å²) in [6, 6.07) is 4.55. The molecule has 1 aromatic carbocycles. The number of aryl methyl sites for hydroxylation is 1. The van der Waals surface area contributed by atoms with Crippen LogP contribution < -0.4 is 5.32 Å². The van der Waals surface area contributed by atoms with Gasteiger partial charge < -0.3 is 9.88 Å². The van der Waals surface area contributed by atoms with Gasteiger partial charge >= 0.3 is 0 Å². The number of nitrogens with zero attached hydrogens (tertiary/aromatic N) is 3. The predicted molar refractivity (Wildman–Crippen MR) is 126 cm³/mol. The Bertz CT molecular complexity index is 1090. The second kappa shape index (κ2) is 10.4. The number of aromatic nitrogens is 2. The summed E-state index contributed by atoms with van der Waals surface area (Å²) >= 11 is 1.28. The molecule has 1 aliphatic heterocycles. The molecule has 176 valence electrons. The van der Waals surface area contributed by atoms with E-state index in [1.165, 1.54) is 18.7 Å². The van der Waals surface area contributed by atoms with Gasteiger partial charge in [0.25, 0.3) is 0 Å². The third-order valence-electron chi connectivity index (χ3n) is 5.71. The summed E-state index contributed by atoms with van der Waals surface area (Å²) in [6.45, 7) is 8.99. The van der Waals surface area contributed by atoms with E-state index in [-0.39, 0.29) is 28.3 Å². The lowest BCUT2D eigenvalue weighted by molar-refractivity contribution is -0.126. The summed E-state index contributed by atoms with van der Waals surface area (Å²) in [6.07, 6.45) is 2.83. The molecule has 10 heteroatoms. The fourth-order valence-corrected chi connectivity index (χ4v) is 6.43. The van der Waals surface area contributed by atoms with Crippen LogP contribution in [0.25, 0.3) is 11.0 Å². The van der Waals surface area contributed by atoms with Gasteiger partial charge in [0.05, 0.1) is 27.7 Å². The summed E-state index contributed by atoms with van der Waals surface area (Å²) in [5.74, 6) is -0.158. The van der Waals surface area contributed by atoms with Gasteiger partial charge in [-0.2, -0.15) is 4.31 Å². The van der Waals surface area contributed by atoms with Crippen molar-refractivity contribution in [1.29, 1.82) is 0 Å². The molecule has 1 aliphatic rings. The number of nitrogens with one attached hydrogen (secondary N) is 1. The Balaban J connectivity index is 1.79. The van der Waals surface area contributed by atoms with Gasteiger partial charge in [0.1, 0.15) is 0 Å². The molecule has 32 heavy (non-hydrogen) atoms. The molecule has 0 bridgehead atoms. The van der Waals surface area contributed by atoms with Crippen molar-refractivity contribution in [1.82, 2.24) is 19.2 Å². The molecule has 2 aromatic rings. The van der Waals surface area contributed by atoms with Gasteiger partial charge in [-0.3, -0.25) is 9.59 Å². The summed E-state index contributed by atoms with van der Waals surface area (Å²) in [4.78, 5) is 29.0. The SMILES string of the molecule is CCn1c(SCC(=O)NC(C(C)=O)C(C)C)nc2cc(S(=O)(=O)N3CCCCC3)ccc21. The Hall–Kier alpha value is -1.91. The van der Waals surface area contributed by atoms with Crippen LogP contribution in [0.2, 0.25) is 0 Å². The third-order valence-corrected chi connectivity index (χ3v) is 8.58. The van der Waals surface area contributed by atoms with Crippen molar-refractivity contribution in [2.45, 2.75) is 69.6 Å². The maximum absolute atomic E-state index is 13.0. The van der Waals surface area contributed by atoms with Crippen molar-refractivity contribution >= 4 is 44.5 Å². The molecule has 1 fully saturated rings. The van der Waals surface area contributed by atoms with E-state index in [1.807, 2.05) is 25.3 Å². The van der Waals surface area contributed by atoms with Crippen LogP contribution in [-0.4, -0.2) is 58.8 Å². The van der Waals surface area contributed by atoms with Crippen LogP contribution in [0.15, 0.2) is 28.3 Å². The number of thioether (sulfide) groups is 1. The zero-order valence-corrected chi connectivity index (χ0v) is 20.8. The Morgan fingerprint density at radius 3 is 2.47 bits per heavy atom. The topological polar surface area (TPSA) is 101 Å². The minimum Gasteiger partial charge on any atom is -0.345 e. The van der Waals surface area contributed by atoms with Crippen LogP contribution in [0.1, 0.15) is 47.0 Å². The highest BCUT2D eigenvalue weighted by Gasteiger charge is 2.27. The summed E-state index contributed by atoms with van der Waals surface area (Å²) in [5, 5.41) is 3.44. The third kappa shape index (κ3) is 5.35. The molecule has 1 atom stereocenters. The molecule has 1 unspecified atom stereocenters. The van der Waals surface area contributed by atoms with Crippen molar-refractivity contribution < 1.29 is 18.0 Å². The van der Waals surface area contributed by atoms with Crippen LogP contribution in [0, 0.1) is 5.92 Å². The number of ketones is 1. The number of carbonyl (C=O) groups excluding carboxylic acids is 2. The Labute approximate surface area is 194 Å². The number of piperidine rings is 1. The Kier molecular flexibility index (Phi) is 8.00. The van der Waals surface area contributed by atoms with E-state index in [9.17, 15) is 18.0 Å². The maximum atomic E-state index is 13.0. The van der Waals surface area contributed by atoms with E-state index < -0.39 is 16.1 Å². The molecule has 2 heterocycles. The van der Waals surface area contributed by atoms with E-state index in [4.69, 9.17) is 0 Å². The highest BCUT2D eigenvalue weighted by Crippen LogP contribution is 2.28. The molecule has 0 aliphatic carbocycles. The van der Waals surface area contributed by atoms with Crippen molar-refractivity contribution in [3.05, 3.63) is 18.2 Å². The first-order valence-corrected chi connectivity index (χ1v) is 13.5. The van der Waals surface area contributed by atoms with Crippen LogP contribution >= 0.6 is 11.8 Å². The number of sulfonamides is 1. The van der Waals surface area contributed by atoms with Crippen molar-refractivity contribution in [2.24, 2.45) is 5.92 Å². The van der Waals surface area contributed by atoms with Gasteiger partial charge in [0, 0.05) is 19.6 Å². The number of imidazole rings is 1. The number of Topliss-reactive ketones (excluding diaryl/α,β-unsaturated/α-hetero) is 1. The number of fused-ring (bicyclic) bond motifs is 1. The minimum absolute atomic E-state index is 0.0157. The van der Waals surface area contributed by atoms with Gasteiger partial charge in [-0.25, -0.2) is 13.4 Å². The largest absolute Gasteiger partial charge is 0.345 e. The smallest absolute Gasteiger partial charge is 0.243 e. The fourth-order valence-electron chi connectivity index (χ4n) is 4.00. The molecule has 3 rings (SSSR count). The van der Waals surface area contributed by atoms with E-state index in [0.717, 1.165) is 24.8 Å². The quantitative estimate of drug-likeness (QED) is 0.554. The first kappa shape index (κ1) is 24.7. The van der Waals surface area contributed by atoms with Crippen molar-refractivity contribution in [3.8, 4) is 0 Å². The number of hydrogen-bond acceptors (Lipinski definition) is 6. The van der Waals surface area contributed by atoms with Gasteiger partial charge in [0.2, 0.25) is 15.9 Å². The molecule has 1 saturated heterocycles. The predicted octanol–water partition coefficient (Wildman–Crippen LogP) is 3.05. The molecule has 1 N–H and O–H groups in total. The lowest BCUT2D eigenvalue weighted by Crippen LogP contribution is -2.44. The highest BCUT2D eigenvalue weighted by atomic mass is 32.2. The maximum Gasteiger partial charge on any atom is 0.243 e. The number of benzene rings is 1. The minimum atomic E-state index is -3.54. The summed E-state index contributed by atoms with van der Waals surface area (Å²) < 4.78 is 29.6. The van der Waals surface area contributed by atoms with Gasteiger partial charge in [-0.1, -0.05) is 32.0 Å². The number of carbonyl (C=O) groups is 2. The van der Waals surface area contributed by atoms with E-state index in [0.29, 0.717) is 30.3 Å². The van der Waals surface area contributed by atoms with Crippen LogP contribution in [-0.2, 0) is 26.2 Å². The molecule has 8 nitrogen and oxygen atoms in total. The Morgan fingerprint density at radius 2 is 1.88 bits per heavy atom. The summed E-state index contributed by atoms with van der Waals surface area (Å²) in [5.41, 5.74) is 1.42. The molecule has 1 amide bonds. The van der Waals surface area contributed by atoms with Crippen LogP contribution in [0.3, 0.4) is 0 Å². The van der Waals surface area contributed by atoms with Gasteiger partial charge in [-0.05, 0) is 50.8 Å². The molecule has 0 spiro atoms. The highest BCUT2D eigenvalue weighted by molar-refractivity contribution is 7.99. The van der Waals surface area contributed by atoms with Crippen molar-refractivity contribution in [2.75, 3.05) is 18.8 Å². The summed E-state index contributed by atoms with van der Waals surface area (Å²) in [7, 11) is -3.54.